The molecule has 6 aromatic carbocycles. The smallest absolute Gasteiger partial charge is 0.253 e. The van der Waals surface area contributed by atoms with Gasteiger partial charge in [0.25, 0.3) is 53.2 Å². The molecule has 27 nitrogen and oxygen atoms in total. The summed E-state index contributed by atoms with van der Waals surface area (Å²) in [6, 6.07) is 40.9. The number of carbonyl (C=O) groups is 12. The first-order chi connectivity index (χ1) is 55.9. The topological polar surface area (TPSA) is 333 Å². The van der Waals surface area contributed by atoms with Gasteiger partial charge in [-0.15, -0.1) is 0 Å². The van der Waals surface area contributed by atoms with Crippen molar-refractivity contribution in [2.45, 2.75) is 55.1 Å². The summed E-state index contributed by atoms with van der Waals surface area (Å²) in [6.07, 6.45) is 10.3. The van der Waals surface area contributed by atoms with E-state index in [-0.39, 0.29) is 181 Å². The molecule has 0 saturated carbocycles. The summed E-state index contributed by atoms with van der Waals surface area (Å²) in [5.41, 5.74) is 0.512. The predicted molar refractivity (Wildman–Crippen MR) is 412 cm³/mol. The zero-order chi connectivity index (χ0) is 84.5. The van der Waals surface area contributed by atoms with E-state index in [1.54, 1.807) is 163 Å². The van der Waals surface area contributed by atoms with Crippen molar-refractivity contribution in [3.8, 4) is 0 Å². The zero-order valence-corrected chi connectivity index (χ0v) is 71.2. The van der Waals surface area contributed by atoms with Crippen LogP contribution in [0.25, 0.3) is 0 Å². The van der Waals surface area contributed by atoms with Crippen molar-refractivity contribution in [3.05, 3.63) is 309 Å². The molecule has 0 aromatic heterocycles. The molecule has 15 rings (SSSR count). The Hall–Kier alpha value is -10.3. The summed E-state index contributed by atoms with van der Waals surface area (Å²) >= 11 is 0. The quantitative estimate of drug-likeness (QED) is 0.0582. The maximum atomic E-state index is 12.4. The van der Waals surface area contributed by atoms with Gasteiger partial charge in [0, 0.05) is 151 Å². The molecule has 6 aromatic rings. The van der Waals surface area contributed by atoms with E-state index in [9.17, 15) is 57.5 Å². The predicted octanol–water partition coefficient (Wildman–Crippen LogP) is 4.89. The Bertz CT molecular complexity index is 4940. The van der Waals surface area contributed by atoms with E-state index < -0.39 is 16.6 Å². The molecule has 585 valence electrons. The van der Waals surface area contributed by atoms with Crippen LogP contribution in [0, 0.1) is 36.4 Å². The average Bonchev–Trinajstić information content (AvgIpc) is 1.63. The van der Waals surface area contributed by atoms with Crippen LogP contribution in [0.3, 0.4) is 0 Å². The van der Waals surface area contributed by atoms with Gasteiger partial charge in [-0.3, -0.25) is 43.2 Å². The third kappa shape index (κ3) is 23.0. The van der Waals surface area contributed by atoms with E-state index in [2.05, 4.69) is 106 Å². The summed E-state index contributed by atoms with van der Waals surface area (Å²) in [5.74, 6) is 1.31. The van der Waals surface area contributed by atoms with Gasteiger partial charge < -0.3 is 109 Å². The van der Waals surface area contributed by atoms with E-state index in [4.69, 9.17) is 8.22 Å². The first-order valence-electron chi connectivity index (χ1n) is 38.4. The minimum absolute atomic E-state index is 0. The molecule has 3 radical (unpaired) electrons. The third-order valence-corrected chi connectivity index (χ3v) is 19.3. The van der Waals surface area contributed by atoms with Crippen molar-refractivity contribution in [3.63, 3.8) is 0 Å². The average molecular weight is 1780 g/mol. The van der Waals surface area contributed by atoms with Crippen LogP contribution in [-0.2, 0) is 127 Å². The molecule has 9 heterocycles. The van der Waals surface area contributed by atoms with Gasteiger partial charge >= 0.3 is 0 Å². The Labute approximate surface area is 747 Å². The van der Waals surface area contributed by atoms with Crippen LogP contribution in [0.15, 0.2) is 239 Å². The number of rotatable bonds is 12. The Morgan fingerprint density at radius 1 is 0.351 bits per heavy atom. The number of benzene rings is 6. The zero-order valence-electron chi connectivity index (χ0n) is 68.6. The molecule has 9 aliphatic heterocycles. The van der Waals surface area contributed by atoms with Gasteiger partial charge in [-0.05, 0) is 112 Å². The van der Waals surface area contributed by atoms with Crippen LogP contribution in [0.5, 0.6) is 0 Å². The Balaban J connectivity index is 0.000000198. The van der Waals surface area contributed by atoms with Crippen molar-refractivity contribution in [1.29, 1.82) is 0 Å². The normalized spacial score (nSPS) is 20.4. The van der Waals surface area contributed by atoms with Crippen LogP contribution in [0.4, 0.5) is 0 Å². The molecule has 3 spiro atoms. The first kappa shape index (κ1) is 81.7. The summed E-state index contributed by atoms with van der Waals surface area (Å²) in [7, 11) is 0. The molecule has 3 unspecified atom stereocenters. The minimum atomic E-state index is -0.760. The van der Waals surface area contributed by atoms with E-state index in [0.717, 1.165) is 0 Å². The minimum Gasteiger partial charge on any atom is -0.521 e. The molecular formula is C84H87N15O12Y3-6. The molecular weight excluding hydrogens is 1680 g/mol. The molecule has 3 atom stereocenters. The monoisotopic (exact) mass is 1780 g/mol. The molecule has 9 aliphatic rings. The SMILES string of the molecule is [3H]c1ccc(C(=O)N2CCC3(C2)NC(=C)NC3=O)cc1.[3H]c1ccc(C(=O)N2CC[C-](C(=O)N[C-]=C)C2)cc1.[3H]c1cccc(C(=O)N2CCC3(C2)NC(=C)NC3=O)c1.[3H]c1cccc(C(=O)N2CC[C-](C(=O)N[C-]=C)C2)c1.[3H]c1ccccc1C(=O)N1CCC2(C1)NC(=C)NC2=O.[3H]c1ccccc1C(=O)N1CC[C-](C(=O)N[C-]=C)C1.[Y].[Y].[Y]. The van der Waals surface area contributed by atoms with Gasteiger partial charge in [-0.1, -0.05) is 166 Å². The second-order valence-corrected chi connectivity index (χ2v) is 26.7. The van der Waals surface area contributed by atoms with Crippen LogP contribution in [0.2, 0.25) is 0 Å². The fourth-order valence-corrected chi connectivity index (χ4v) is 13.5. The van der Waals surface area contributed by atoms with Gasteiger partial charge in [0.15, 0.2) is 0 Å². The number of amides is 12. The van der Waals surface area contributed by atoms with Crippen molar-refractivity contribution >= 4 is 70.9 Å². The fourth-order valence-electron chi connectivity index (χ4n) is 13.5. The van der Waals surface area contributed by atoms with Crippen LogP contribution >= 0.6 is 0 Å². The number of hydrogen-bond acceptors (Lipinski definition) is 15. The molecule has 9 saturated heterocycles. The fraction of sp³-hybridized carbons (Fsp3) is 0.250. The van der Waals surface area contributed by atoms with Crippen LogP contribution < -0.4 is 47.9 Å². The van der Waals surface area contributed by atoms with Gasteiger partial charge in [-0.25, -0.2) is 0 Å². The van der Waals surface area contributed by atoms with Gasteiger partial charge in [0.2, 0.25) is 0 Å². The van der Waals surface area contributed by atoms with E-state index >= 15 is 0 Å². The van der Waals surface area contributed by atoms with E-state index in [1.807, 2.05) is 0 Å². The molecule has 9 N–H and O–H groups in total. The molecule has 9 fully saturated rings. The van der Waals surface area contributed by atoms with E-state index in [1.165, 1.54) is 12.1 Å². The summed E-state index contributed by atoms with van der Waals surface area (Å²) in [6.45, 7) is 25.9. The second kappa shape index (κ2) is 42.7. The molecule has 0 aliphatic carbocycles. The molecule has 12 amide bonds. The molecule has 114 heavy (non-hydrogen) atoms. The summed E-state index contributed by atoms with van der Waals surface area (Å²) < 4.78 is 45.4. The number of hydrogen-bond donors (Lipinski definition) is 9. The first-order valence-corrected chi connectivity index (χ1v) is 35.4. The Morgan fingerprint density at radius 2 is 0.614 bits per heavy atom. The van der Waals surface area contributed by atoms with Crippen molar-refractivity contribution in [2.24, 2.45) is 0 Å². The van der Waals surface area contributed by atoms with Crippen molar-refractivity contribution < 1.29 is 164 Å². The van der Waals surface area contributed by atoms with Gasteiger partial charge in [-0.2, -0.15) is 57.6 Å². The Morgan fingerprint density at radius 3 is 0.895 bits per heavy atom. The van der Waals surface area contributed by atoms with Crippen molar-refractivity contribution in [1.82, 2.24) is 77.3 Å². The number of nitrogens with one attached hydrogen (secondary N) is 9. The number of likely N-dealkylation sites (tertiary alicyclic amines) is 6. The second-order valence-electron chi connectivity index (χ2n) is 26.7. The summed E-state index contributed by atoms with van der Waals surface area (Å²) in [5, 5.41) is 24.2. The number of nitrogens with zero attached hydrogens (tertiary/aromatic N) is 6. The number of carbonyl (C=O) groups excluding carboxylic acids is 12. The van der Waals surface area contributed by atoms with Crippen LogP contribution in [-0.4, -0.2) is 195 Å². The van der Waals surface area contributed by atoms with E-state index in [0.29, 0.717) is 210 Å². The van der Waals surface area contributed by atoms with Crippen molar-refractivity contribution in [2.75, 3.05) is 78.5 Å². The maximum absolute atomic E-state index is 12.4. The molecule has 0 bridgehead atoms. The Kier molecular flexibility index (Phi) is 30.6. The van der Waals surface area contributed by atoms with Gasteiger partial charge in [0.1, 0.15) is 16.6 Å². The van der Waals surface area contributed by atoms with Gasteiger partial charge in [0.05, 0.1) is 45.3 Å². The molecule has 30 heteroatoms. The van der Waals surface area contributed by atoms with Crippen LogP contribution in [0.1, 0.15) is 109 Å². The summed E-state index contributed by atoms with van der Waals surface area (Å²) in [4.78, 5) is 154. The maximum Gasteiger partial charge on any atom is 0.253 e. The largest absolute Gasteiger partial charge is 0.521 e. The standard InChI is InChI=1S/3C14H15N3O2.3C14H14N2O2.3Y/c3*1-10-15-13(19)14(16-10)7-8-17(9-14)12(18)11-5-3-2-4-6-11;3*1-2-15-13(17)12-8-9-16(10-12)14(18)11-6-4-3-5-7-11;;;/h3*2-6,16H,1,7-9H2,(H,15,19);3*3-7H,1,8-10H2,(H,15,17);;;/q;;;3*-2;;;/i5T;3T;2T;6T;4T;3T;;;. The third-order valence-electron chi connectivity index (χ3n) is 19.3.